The van der Waals surface area contributed by atoms with Crippen LogP contribution in [0.1, 0.15) is 5.56 Å². The molecular formula is C16H17ClFNS. The Kier molecular flexibility index (Phi) is 5.89. The highest BCUT2D eigenvalue weighted by Crippen LogP contribution is 2.21. The summed E-state index contributed by atoms with van der Waals surface area (Å²) in [5.41, 5.74) is 0.697. The molecule has 2 rings (SSSR count). The summed E-state index contributed by atoms with van der Waals surface area (Å²) in [5.74, 6) is 0.658. The van der Waals surface area contributed by atoms with E-state index in [1.54, 1.807) is 23.9 Å². The summed E-state index contributed by atoms with van der Waals surface area (Å²) in [6.45, 7) is 0. The number of thioether (sulfide) groups is 1. The third-order valence-corrected chi connectivity index (χ3v) is 4.49. The van der Waals surface area contributed by atoms with E-state index in [2.05, 4.69) is 17.4 Å². The molecule has 2 aromatic rings. The molecule has 0 aliphatic carbocycles. The number of likely N-dealkylation sites (N-methyl/N-ethyl adjacent to an activating group) is 1. The average Bonchev–Trinajstić information content (AvgIpc) is 2.46. The molecule has 0 radical (unpaired) electrons. The van der Waals surface area contributed by atoms with Gasteiger partial charge in [0.15, 0.2) is 0 Å². The van der Waals surface area contributed by atoms with E-state index in [1.165, 1.54) is 11.0 Å². The van der Waals surface area contributed by atoms with Crippen molar-refractivity contribution in [1.82, 2.24) is 5.32 Å². The van der Waals surface area contributed by atoms with Crippen molar-refractivity contribution in [1.29, 1.82) is 0 Å². The molecule has 1 atom stereocenters. The Morgan fingerprint density at radius 1 is 1.20 bits per heavy atom. The van der Waals surface area contributed by atoms with Gasteiger partial charge in [-0.1, -0.05) is 35.9 Å². The van der Waals surface area contributed by atoms with Gasteiger partial charge in [-0.15, -0.1) is 11.8 Å². The molecule has 0 aliphatic rings. The first kappa shape index (κ1) is 15.4. The van der Waals surface area contributed by atoms with Gasteiger partial charge < -0.3 is 5.32 Å². The lowest BCUT2D eigenvalue weighted by Crippen LogP contribution is -2.30. The number of hydrogen-bond donors (Lipinski definition) is 1. The van der Waals surface area contributed by atoms with E-state index >= 15 is 0 Å². The van der Waals surface area contributed by atoms with Gasteiger partial charge in [-0.05, 0) is 43.3 Å². The lowest BCUT2D eigenvalue weighted by molar-refractivity contribution is 0.568. The molecule has 0 saturated heterocycles. The van der Waals surface area contributed by atoms with Crippen LogP contribution in [-0.2, 0) is 6.42 Å². The van der Waals surface area contributed by atoms with E-state index in [0.717, 1.165) is 5.75 Å². The number of hydrogen-bond acceptors (Lipinski definition) is 2. The Balaban J connectivity index is 1.95. The van der Waals surface area contributed by atoms with Gasteiger partial charge in [0.25, 0.3) is 0 Å². The third kappa shape index (κ3) is 4.51. The fourth-order valence-electron chi connectivity index (χ4n) is 1.91. The fraction of sp³-hybridized carbons (Fsp3) is 0.250. The lowest BCUT2D eigenvalue weighted by Gasteiger charge is -2.16. The number of nitrogens with one attached hydrogen (secondary N) is 1. The standard InChI is InChI=1S/C16H17ClFNS/c1-19-14(11-20-15-5-3-2-4-6-15)9-12-7-8-13(17)10-16(12)18/h2-8,10,14,19H,9,11H2,1H3. The molecule has 1 N–H and O–H groups in total. The maximum absolute atomic E-state index is 13.8. The van der Waals surface area contributed by atoms with E-state index in [9.17, 15) is 4.39 Å². The van der Waals surface area contributed by atoms with Crippen LogP contribution in [0.25, 0.3) is 0 Å². The normalized spacial score (nSPS) is 12.3. The third-order valence-electron chi connectivity index (χ3n) is 3.08. The van der Waals surface area contributed by atoms with Crippen LogP contribution >= 0.6 is 23.4 Å². The van der Waals surface area contributed by atoms with Gasteiger partial charge in [0, 0.05) is 21.7 Å². The molecule has 1 unspecified atom stereocenters. The summed E-state index contributed by atoms with van der Waals surface area (Å²) in [5, 5.41) is 3.68. The van der Waals surface area contributed by atoms with Crippen molar-refractivity contribution in [2.75, 3.05) is 12.8 Å². The van der Waals surface area contributed by atoms with Crippen molar-refractivity contribution in [2.24, 2.45) is 0 Å². The second kappa shape index (κ2) is 7.67. The van der Waals surface area contributed by atoms with E-state index < -0.39 is 0 Å². The first-order valence-corrected chi connectivity index (χ1v) is 7.84. The quantitative estimate of drug-likeness (QED) is 0.794. The van der Waals surface area contributed by atoms with Gasteiger partial charge in [0.2, 0.25) is 0 Å². The van der Waals surface area contributed by atoms with Crippen LogP contribution in [-0.4, -0.2) is 18.8 Å². The van der Waals surface area contributed by atoms with Crippen LogP contribution in [0.15, 0.2) is 53.4 Å². The summed E-state index contributed by atoms with van der Waals surface area (Å²) in [6, 6.07) is 15.3. The number of benzene rings is 2. The first-order valence-electron chi connectivity index (χ1n) is 6.48. The van der Waals surface area contributed by atoms with Crippen molar-refractivity contribution in [3.8, 4) is 0 Å². The van der Waals surface area contributed by atoms with Crippen LogP contribution in [0.5, 0.6) is 0 Å². The highest BCUT2D eigenvalue weighted by atomic mass is 35.5. The predicted molar refractivity (Wildman–Crippen MR) is 85.1 cm³/mol. The Bertz CT molecular complexity index is 547. The largest absolute Gasteiger partial charge is 0.316 e. The van der Waals surface area contributed by atoms with Crippen molar-refractivity contribution in [2.45, 2.75) is 17.4 Å². The van der Waals surface area contributed by atoms with Crippen LogP contribution in [0.4, 0.5) is 4.39 Å². The van der Waals surface area contributed by atoms with Crippen LogP contribution in [0.3, 0.4) is 0 Å². The molecule has 0 aliphatic heterocycles. The summed E-state index contributed by atoms with van der Waals surface area (Å²) in [7, 11) is 1.91. The van der Waals surface area contributed by atoms with Crippen LogP contribution in [0, 0.1) is 5.82 Å². The molecule has 4 heteroatoms. The molecule has 1 nitrogen and oxygen atoms in total. The molecule has 0 aromatic heterocycles. The summed E-state index contributed by atoms with van der Waals surface area (Å²) in [4.78, 5) is 1.23. The zero-order valence-corrected chi connectivity index (χ0v) is 12.8. The SMILES string of the molecule is CNC(CSc1ccccc1)Cc1ccc(Cl)cc1F. The predicted octanol–water partition coefficient (Wildman–Crippen LogP) is 4.40. The molecule has 0 saturated carbocycles. The van der Waals surface area contributed by atoms with Crippen molar-refractivity contribution in [3.63, 3.8) is 0 Å². The van der Waals surface area contributed by atoms with Crippen molar-refractivity contribution >= 4 is 23.4 Å². The molecule has 0 amide bonds. The zero-order chi connectivity index (χ0) is 14.4. The highest BCUT2D eigenvalue weighted by molar-refractivity contribution is 7.99. The minimum absolute atomic E-state index is 0.218. The van der Waals surface area contributed by atoms with Gasteiger partial charge in [-0.25, -0.2) is 4.39 Å². The Morgan fingerprint density at radius 2 is 1.95 bits per heavy atom. The topological polar surface area (TPSA) is 12.0 Å². The summed E-state index contributed by atoms with van der Waals surface area (Å²) >= 11 is 7.54. The van der Waals surface area contributed by atoms with Gasteiger partial charge in [0.05, 0.1) is 0 Å². The lowest BCUT2D eigenvalue weighted by atomic mass is 10.1. The second-order valence-corrected chi connectivity index (χ2v) is 6.08. The van der Waals surface area contributed by atoms with E-state index in [0.29, 0.717) is 17.0 Å². The smallest absolute Gasteiger partial charge is 0.127 e. The van der Waals surface area contributed by atoms with Gasteiger partial charge in [-0.2, -0.15) is 0 Å². The molecule has 0 heterocycles. The van der Waals surface area contributed by atoms with Crippen LogP contribution < -0.4 is 5.32 Å². The maximum atomic E-state index is 13.8. The highest BCUT2D eigenvalue weighted by Gasteiger charge is 2.11. The van der Waals surface area contributed by atoms with Gasteiger partial charge in [0.1, 0.15) is 5.82 Å². The van der Waals surface area contributed by atoms with Crippen molar-refractivity contribution in [3.05, 3.63) is 64.9 Å². The van der Waals surface area contributed by atoms with Crippen molar-refractivity contribution < 1.29 is 4.39 Å². The van der Waals surface area contributed by atoms with E-state index in [1.807, 2.05) is 25.2 Å². The summed E-state index contributed by atoms with van der Waals surface area (Å²) in [6.07, 6.45) is 0.652. The number of halogens is 2. The second-order valence-electron chi connectivity index (χ2n) is 4.55. The number of rotatable bonds is 6. The van der Waals surface area contributed by atoms with E-state index in [-0.39, 0.29) is 11.9 Å². The molecule has 2 aromatic carbocycles. The Hall–Kier alpha value is -1.03. The molecular weight excluding hydrogens is 293 g/mol. The monoisotopic (exact) mass is 309 g/mol. The zero-order valence-electron chi connectivity index (χ0n) is 11.3. The van der Waals surface area contributed by atoms with E-state index in [4.69, 9.17) is 11.6 Å². The molecule has 106 valence electrons. The Morgan fingerprint density at radius 3 is 2.60 bits per heavy atom. The Labute approximate surface area is 128 Å². The maximum Gasteiger partial charge on any atom is 0.127 e. The molecule has 0 bridgehead atoms. The molecule has 0 spiro atoms. The minimum Gasteiger partial charge on any atom is -0.316 e. The minimum atomic E-state index is -0.234. The average molecular weight is 310 g/mol. The molecule has 0 fully saturated rings. The first-order chi connectivity index (χ1) is 9.69. The fourth-order valence-corrected chi connectivity index (χ4v) is 3.10. The summed E-state index contributed by atoms with van der Waals surface area (Å²) < 4.78 is 13.8. The molecule has 20 heavy (non-hydrogen) atoms. The van der Waals surface area contributed by atoms with Gasteiger partial charge in [-0.3, -0.25) is 0 Å². The van der Waals surface area contributed by atoms with Gasteiger partial charge >= 0.3 is 0 Å². The van der Waals surface area contributed by atoms with Crippen LogP contribution in [0.2, 0.25) is 5.02 Å².